The molecule has 1 rings (SSSR count). The van der Waals surface area contributed by atoms with Gasteiger partial charge in [-0.2, -0.15) is 0 Å². The lowest BCUT2D eigenvalue weighted by Crippen LogP contribution is -2.30. The molecule has 3 atom stereocenters. The molecule has 0 saturated heterocycles. The highest BCUT2D eigenvalue weighted by Crippen LogP contribution is 2.18. The summed E-state index contributed by atoms with van der Waals surface area (Å²) in [6.07, 6.45) is -0.118. The van der Waals surface area contributed by atoms with Gasteiger partial charge in [-0.15, -0.1) is 0 Å². The van der Waals surface area contributed by atoms with Gasteiger partial charge in [0, 0.05) is 0 Å². The summed E-state index contributed by atoms with van der Waals surface area (Å²) in [5, 5.41) is 18.8. The third-order valence-electron chi connectivity index (χ3n) is 3.07. The third kappa shape index (κ3) is 3.35. The fourth-order valence-electron chi connectivity index (χ4n) is 1.60. The van der Waals surface area contributed by atoms with E-state index in [4.69, 9.17) is 5.11 Å². The van der Waals surface area contributed by atoms with E-state index in [9.17, 15) is 9.90 Å². The molecule has 0 aliphatic heterocycles. The highest BCUT2D eigenvalue weighted by molar-refractivity contribution is 5.69. The molecule has 0 aromatic heterocycles. The summed E-state index contributed by atoms with van der Waals surface area (Å²) >= 11 is 0. The van der Waals surface area contributed by atoms with Crippen LogP contribution in [-0.4, -0.2) is 22.3 Å². The first kappa shape index (κ1) is 12.7. The number of carboxylic acid groups (broad SMARTS) is 1. The van der Waals surface area contributed by atoms with E-state index in [1.165, 1.54) is 0 Å². The molecule has 0 heterocycles. The molecule has 1 aromatic carbocycles. The van der Waals surface area contributed by atoms with Crippen molar-refractivity contribution in [3.05, 3.63) is 35.9 Å². The van der Waals surface area contributed by atoms with E-state index < -0.39 is 18.0 Å². The molecule has 16 heavy (non-hydrogen) atoms. The Bertz CT molecular complexity index is 334. The summed E-state index contributed by atoms with van der Waals surface area (Å²) < 4.78 is 0. The zero-order chi connectivity index (χ0) is 12.1. The van der Waals surface area contributed by atoms with E-state index in [0.717, 1.165) is 5.56 Å². The molecule has 3 nitrogen and oxygen atoms in total. The lowest BCUT2D eigenvalue weighted by Gasteiger charge is -2.22. The normalized spacial score (nSPS) is 16.4. The van der Waals surface area contributed by atoms with Gasteiger partial charge in [0.1, 0.15) is 0 Å². The minimum atomic E-state index is -0.861. The monoisotopic (exact) mass is 222 g/mol. The van der Waals surface area contributed by atoms with Gasteiger partial charge in [0.15, 0.2) is 0 Å². The molecule has 0 bridgehead atoms. The maximum Gasteiger partial charge on any atom is 0.306 e. The summed E-state index contributed by atoms with van der Waals surface area (Å²) in [7, 11) is 0. The number of hydrogen-bond acceptors (Lipinski definition) is 2. The van der Waals surface area contributed by atoms with Crippen molar-refractivity contribution in [2.75, 3.05) is 0 Å². The molecule has 3 heteroatoms. The molecule has 0 radical (unpaired) electrons. The van der Waals surface area contributed by atoms with E-state index in [1.807, 2.05) is 30.3 Å². The van der Waals surface area contributed by atoms with Crippen LogP contribution in [0.5, 0.6) is 0 Å². The van der Waals surface area contributed by atoms with Crippen LogP contribution in [0.25, 0.3) is 0 Å². The lowest BCUT2D eigenvalue weighted by molar-refractivity contribution is -0.144. The Morgan fingerprint density at radius 2 is 1.81 bits per heavy atom. The smallest absolute Gasteiger partial charge is 0.306 e. The highest BCUT2D eigenvalue weighted by atomic mass is 16.4. The molecule has 0 aliphatic carbocycles. The molecular formula is C13H18O3. The van der Waals surface area contributed by atoms with Gasteiger partial charge in [0.05, 0.1) is 12.0 Å². The zero-order valence-electron chi connectivity index (χ0n) is 9.63. The second-order valence-corrected chi connectivity index (χ2v) is 4.24. The minimum Gasteiger partial charge on any atom is -0.481 e. The van der Waals surface area contributed by atoms with Crippen molar-refractivity contribution >= 4 is 5.97 Å². The first-order valence-electron chi connectivity index (χ1n) is 5.47. The molecule has 0 saturated carbocycles. The molecule has 0 fully saturated rings. The van der Waals surface area contributed by atoms with Crippen molar-refractivity contribution in [2.45, 2.75) is 26.4 Å². The number of aliphatic hydroxyl groups is 1. The van der Waals surface area contributed by atoms with E-state index in [0.29, 0.717) is 6.42 Å². The van der Waals surface area contributed by atoms with Crippen LogP contribution in [0.15, 0.2) is 30.3 Å². The number of hydrogen-bond donors (Lipinski definition) is 2. The fourth-order valence-corrected chi connectivity index (χ4v) is 1.60. The standard InChI is InChI=1S/C13H18O3/c1-9(10(2)13(15)16)12(14)8-11-6-4-3-5-7-11/h3-7,9-10,12,14H,8H2,1-2H3,(H,15,16). The van der Waals surface area contributed by atoms with Crippen LogP contribution in [0.1, 0.15) is 19.4 Å². The summed E-state index contributed by atoms with van der Waals surface area (Å²) in [6, 6.07) is 9.60. The molecule has 3 unspecified atom stereocenters. The van der Waals surface area contributed by atoms with E-state index >= 15 is 0 Å². The van der Waals surface area contributed by atoms with E-state index in [1.54, 1.807) is 13.8 Å². The van der Waals surface area contributed by atoms with Crippen molar-refractivity contribution < 1.29 is 15.0 Å². The van der Waals surface area contributed by atoms with E-state index in [2.05, 4.69) is 0 Å². The van der Waals surface area contributed by atoms with Crippen LogP contribution in [0.3, 0.4) is 0 Å². The zero-order valence-corrected chi connectivity index (χ0v) is 9.63. The number of benzene rings is 1. The summed E-state index contributed by atoms with van der Waals surface area (Å²) in [5.41, 5.74) is 1.03. The average molecular weight is 222 g/mol. The maximum absolute atomic E-state index is 10.8. The third-order valence-corrected chi connectivity index (χ3v) is 3.07. The number of carboxylic acids is 1. The molecule has 88 valence electrons. The molecule has 0 amide bonds. The Balaban J connectivity index is 2.58. The SMILES string of the molecule is CC(C(=O)O)C(C)C(O)Cc1ccccc1. The van der Waals surface area contributed by atoms with Crippen LogP contribution in [0.2, 0.25) is 0 Å². The quantitative estimate of drug-likeness (QED) is 0.800. The van der Waals surface area contributed by atoms with Crippen molar-refractivity contribution in [3.8, 4) is 0 Å². The summed E-state index contributed by atoms with van der Waals surface area (Å²) in [6.45, 7) is 3.40. The van der Waals surface area contributed by atoms with Crippen LogP contribution in [0.4, 0.5) is 0 Å². The molecule has 0 aliphatic rings. The first-order valence-corrected chi connectivity index (χ1v) is 5.47. The Kier molecular flexibility index (Phi) is 4.50. The van der Waals surface area contributed by atoms with Gasteiger partial charge in [-0.3, -0.25) is 4.79 Å². The largest absolute Gasteiger partial charge is 0.481 e. The van der Waals surface area contributed by atoms with Crippen molar-refractivity contribution in [2.24, 2.45) is 11.8 Å². The molecular weight excluding hydrogens is 204 g/mol. The van der Waals surface area contributed by atoms with Gasteiger partial charge in [-0.05, 0) is 17.9 Å². The van der Waals surface area contributed by atoms with Gasteiger partial charge in [0.2, 0.25) is 0 Å². The topological polar surface area (TPSA) is 57.5 Å². The molecule has 2 N–H and O–H groups in total. The van der Waals surface area contributed by atoms with Crippen LogP contribution >= 0.6 is 0 Å². The second kappa shape index (κ2) is 5.66. The Labute approximate surface area is 95.7 Å². The lowest BCUT2D eigenvalue weighted by atomic mass is 9.87. The highest BCUT2D eigenvalue weighted by Gasteiger charge is 2.25. The summed E-state index contributed by atoms with van der Waals surface area (Å²) in [5.74, 6) is -1.64. The number of aliphatic carboxylic acids is 1. The van der Waals surface area contributed by atoms with Gasteiger partial charge in [0.25, 0.3) is 0 Å². The van der Waals surface area contributed by atoms with Gasteiger partial charge in [-0.1, -0.05) is 44.2 Å². The first-order chi connectivity index (χ1) is 7.52. The predicted octanol–water partition coefficient (Wildman–Crippen LogP) is 1.95. The summed E-state index contributed by atoms with van der Waals surface area (Å²) in [4.78, 5) is 10.8. The maximum atomic E-state index is 10.8. The fraction of sp³-hybridized carbons (Fsp3) is 0.462. The van der Waals surface area contributed by atoms with Gasteiger partial charge >= 0.3 is 5.97 Å². The number of aliphatic hydroxyl groups excluding tert-OH is 1. The number of carbonyl (C=O) groups is 1. The van der Waals surface area contributed by atoms with Crippen molar-refractivity contribution in [1.29, 1.82) is 0 Å². The Morgan fingerprint density at radius 1 is 1.25 bits per heavy atom. The van der Waals surface area contributed by atoms with Crippen molar-refractivity contribution in [3.63, 3.8) is 0 Å². The van der Waals surface area contributed by atoms with Crippen LogP contribution in [-0.2, 0) is 11.2 Å². The van der Waals surface area contributed by atoms with Crippen LogP contribution < -0.4 is 0 Å². The molecule has 0 spiro atoms. The van der Waals surface area contributed by atoms with E-state index in [-0.39, 0.29) is 5.92 Å². The van der Waals surface area contributed by atoms with Crippen molar-refractivity contribution in [1.82, 2.24) is 0 Å². The van der Waals surface area contributed by atoms with Gasteiger partial charge < -0.3 is 10.2 Å². The second-order valence-electron chi connectivity index (χ2n) is 4.24. The predicted molar refractivity (Wildman–Crippen MR) is 62.1 cm³/mol. The Morgan fingerprint density at radius 3 is 2.31 bits per heavy atom. The minimum absolute atomic E-state index is 0.252. The molecule has 1 aromatic rings. The average Bonchev–Trinajstić information content (AvgIpc) is 2.28. The number of rotatable bonds is 5. The van der Waals surface area contributed by atoms with Gasteiger partial charge in [-0.25, -0.2) is 0 Å². The Hall–Kier alpha value is -1.35. The van der Waals surface area contributed by atoms with Crippen LogP contribution in [0, 0.1) is 11.8 Å².